The van der Waals surface area contributed by atoms with Gasteiger partial charge in [0.05, 0.1) is 16.3 Å². The van der Waals surface area contributed by atoms with Crippen LogP contribution in [0.5, 0.6) is 0 Å². The molecular formula is C14H13BrFNO2S. The van der Waals surface area contributed by atoms with Crippen molar-refractivity contribution in [3.05, 3.63) is 57.8 Å². The summed E-state index contributed by atoms with van der Waals surface area (Å²) in [5.74, 6) is -0.978. The molecule has 20 heavy (non-hydrogen) atoms. The van der Waals surface area contributed by atoms with Gasteiger partial charge in [-0.1, -0.05) is 34.1 Å². The number of halogens is 2. The number of hydrogen-bond donors (Lipinski definition) is 1. The van der Waals surface area contributed by atoms with Gasteiger partial charge in [0, 0.05) is 10.0 Å². The number of nitrogen functional groups attached to an aromatic ring is 1. The summed E-state index contributed by atoms with van der Waals surface area (Å²) in [6.07, 6.45) is 0. The number of rotatable bonds is 3. The minimum Gasteiger partial charge on any atom is -0.397 e. The molecule has 0 atom stereocenters. The smallest absolute Gasteiger partial charge is 0.184 e. The third-order valence-electron chi connectivity index (χ3n) is 2.98. The number of sulfone groups is 1. The van der Waals surface area contributed by atoms with Crippen LogP contribution in [0.2, 0.25) is 0 Å². The molecule has 2 aromatic rings. The van der Waals surface area contributed by atoms with E-state index in [0.717, 1.165) is 0 Å². The molecule has 0 saturated heterocycles. The van der Waals surface area contributed by atoms with Crippen molar-refractivity contribution in [2.24, 2.45) is 0 Å². The molecule has 0 aliphatic heterocycles. The summed E-state index contributed by atoms with van der Waals surface area (Å²) >= 11 is 3.13. The van der Waals surface area contributed by atoms with Crippen molar-refractivity contribution in [3.63, 3.8) is 0 Å². The molecule has 2 aromatic carbocycles. The number of anilines is 1. The Morgan fingerprint density at radius 2 is 1.95 bits per heavy atom. The van der Waals surface area contributed by atoms with Gasteiger partial charge in [0.1, 0.15) is 5.82 Å². The van der Waals surface area contributed by atoms with Crippen molar-refractivity contribution in [3.8, 4) is 0 Å². The van der Waals surface area contributed by atoms with Gasteiger partial charge >= 0.3 is 0 Å². The lowest BCUT2D eigenvalue weighted by molar-refractivity contribution is 0.587. The highest BCUT2D eigenvalue weighted by Gasteiger charge is 2.20. The third kappa shape index (κ3) is 3.02. The fraction of sp³-hybridized carbons (Fsp3) is 0.143. The monoisotopic (exact) mass is 357 g/mol. The van der Waals surface area contributed by atoms with E-state index >= 15 is 0 Å². The van der Waals surface area contributed by atoms with Crippen LogP contribution in [0.1, 0.15) is 11.1 Å². The molecule has 6 heteroatoms. The van der Waals surface area contributed by atoms with Gasteiger partial charge in [-0.2, -0.15) is 0 Å². The average molecular weight is 358 g/mol. The zero-order chi connectivity index (χ0) is 14.9. The molecule has 0 aliphatic rings. The van der Waals surface area contributed by atoms with Crippen LogP contribution in [0.15, 0.2) is 45.8 Å². The highest BCUT2D eigenvalue weighted by Crippen LogP contribution is 2.26. The van der Waals surface area contributed by atoms with Gasteiger partial charge in [-0.25, -0.2) is 12.8 Å². The Bertz CT molecular complexity index is 760. The number of benzene rings is 2. The van der Waals surface area contributed by atoms with E-state index < -0.39 is 21.4 Å². The molecule has 2 rings (SSSR count). The van der Waals surface area contributed by atoms with Gasteiger partial charge in [0.15, 0.2) is 9.84 Å². The minimum atomic E-state index is -3.68. The lowest BCUT2D eigenvalue weighted by atomic mass is 10.2. The second-order valence-electron chi connectivity index (χ2n) is 4.48. The maximum absolute atomic E-state index is 13.8. The van der Waals surface area contributed by atoms with Crippen LogP contribution in [0.25, 0.3) is 0 Å². The SMILES string of the molecule is Cc1cccc(S(=O)(=O)Cc2ccc(Br)cc2F)c1N. The topological polar surface area (TPSA) is 60.2 Å². The van der Waals surface area contributed by atoms with Crippen LogP contribution in [0, 0.1) is 12.7 Å². The van der Waals surface area contributed by atoms with Gasteiger partial charge in [0.25, 0.3) is 0 Å². The highest BCUT2D eigenvalue weighted by molar-refractivity contribution is 9.10. The summed E-state index contributed by atoms with van der Waals surface area (Å²) in [5, 5.41) is 0. The number of nitrogens with two attached hydrogens (primary N) is 1. The number of hydrogen-bond acceptors (Lipinski definition) is 3. The van der Waals surface area contributed by atoms with E-state index in [1.165, 1.54) is 18.2 Å². The highest BCUT2D eigenvalue weighted by atomic mass is 79.9. The molecule has 0 bridgehead atoms. The van der Waals surface area contributed by atoms with Gasteiger partial charge in [0.2, 0.25) is 0 Å². The zero-order valence-corrected chi connectivity index (χ0v) is 13.1. The van der Waals surface area contributed by atoms with Crippen LogP contribution in [0.4, 0.5) is 10.1 Å². The van der Waals surface area contributed by atoms with Crippen molar-refractivity contribution in [2.45, 2.75) is 17.6 Å². The average Bonchev–Trinajstić information content (AvgIpc) is 2.36. The molecule has 0 radical (unpaired) electrons. The summed E-state index contributed by atoms with van der Waals surface area (Å²) in [6.45, 7) is 1.73. The van der Waals surface area contributed by atoms with Crippen molar-refractivity contribution >= 4 is 31.5 Å². The van der Waals surface area contributed by atoms with Crippen molar-refractivity contribution in [1.82, 2.24) is 0 Å². The lowest BCUT2D eigenvalue weighted by Crippen LogP contribution is -2.10. The van der Waals surface area contributed by atoms with Gasteiger partial charge < -0.3 is 5.73 Å². The standard InChI is InChI=1S/C14H13BrFNO2S/c1-9-3-2-4-13(14(9)17)20(18,19)8-10-5-6-11(15)7-12(10)16/h2-7H,8,17H2,1H3. The number of aryl methyl sites for hydroxylation is 1. The van der Waals surface area contributed by atoms with Crippen molar-refractivity contribution in [2.75, 3.05) is 5.73 Å². The first kappa shape index (κ1) is 15.0. The molecular weight excluding hydrogens is 345 g/mol. The quantitative estimate of drug-likeness (QED) is 0.855. The Kier molecular flexibility index (Phi) is 4.15. The second-order valence-corrected chi connectivity index (χ2v) is 7.36. The van der Waals surface area contributed by atoms with Crippen LogP contribution >= 0.6 is 15.9 Å². The Hall–Kier alpha value is -1.40. The first-order chi connectivity index (χ1) is 9.31. The Morgan fingerprint density at radius 3 is 2.60 bits per heavy atom. The third-order valence-corrected chi connectivity index (χ3v) is 5.19. The van der Waals surface area contributed by atoms with E-state index in [9.17, 15) is 12.8 Å². The molecule has 0 heterocycles. The van der Waals surface area contributed by atoms with Gasteiger partial charge in [-0.15, -0.1) is 0 Å². The molecule has 0 amide bonds. The van der Waals surface area contributed by atoms with Crippen LogP contribution in [-0.2, 0) is 15.6 Å². The molecule has 0 unspecified atom stereocenters. The van der Waals surface area contributed by atoms with E-state index in [2.05, 4.69) is 15.9 Å². The summed E-state index contributed by atoms with van der Waals surface area (Å²) in [7, 11) is -3.68. The molecule has 0 aromatic heterocycles. The molecule has 0 fully saturated rings. The first-order valence-corrected chi connectivity index (χ1v) is 8.27. The fourth-order valence-corrected chi connectivity index (χ4v) is 3.76. The minimum absolute atomic E-state index is 0.0415. The second kappa shape index (κ2) is 5.54. The molecule has 3 nitrogen and oxygen atoms in total. The van der Waals surface area contributed by atoms with Gasteiger partial charge in [-0.3, -0.25) is 0 Å². The number of para-hydroxylation sites is 1. The van der Waals surface area contributed by atoms with Crippen molar-refractivity contribution < 1.29 is 12.8 Å². The zero-order valence-electron chi connectivity index (χ0n) is 10.7. The van der Waals surface area contributed by atoms with Crippen LogP contribution < -0.4 is 5.73 Å². The normalized spacial score (nSPS) is 11.6. The largest absolute Gasteiger partial charge is 0.397 e. The van der Waals surface area contributed by atoms with Gasteiger partial charge in [-0.05, 0) is 30.7 Å². The summed E-state index contributed by atoms with van der Waals surface area (Å²) in [5.41, 5.74) is 6.82. The summed E-state index contributed by atoms with van der Waals surface area (Å²) in [4.78, 5) is 0.0415. The first-order valence-electron chi connectivity index (χ1n) is 5.83. The molecule has 0 spiro atoms. The van der Waals surface area contributed by atoms with E-state index in [-0.39, 0.29) is 16.1 Å². The predicted octanol–water partition coefficient (Wildman–Crippen LogP) is 3.45. The molecule has 0 aliphatic carbocycles. The maximum Gasteiger partial charge on any atom is 0.184 e. The fourth-order valence-electron chi connectivity index (χ4n) is 1.85. The maximum atomic E-state index is 13.8. The summed E-state index contributed by atoms with van der Waals surface area (Å²) < 4.78 is 39.0. The van der Waals surface area contributed by atoms with E-state index in [4.69, 9.17) is 5.73 Å². The molecule has 106 valence electrons. The molecule has 0 saturated carbocycles. The van der Waals surface area contributed by atoms with Crippen LogP contribution in [0.3, 0.4) is 0 Å². The lowest BCUT2D eigenvalue weighted by Gasteiger charge is -2.10. The Labute approximate surface area is 125 Å². The predicted molar refractivity (Wildman–Crippen MR) is 80.6 cm³/mol. The summed E-state index contributed by atoms with van der Waals surface area (Å²) in [6, 6.07) is 9.08. The van der Waals surface area contributed by atoms with E-state index in [1.54, 1.807) is 25.1 Å². The Morgan fingerprint density at radius 1 is 1.25 bits per heavy atom. The molecule has 2 N–H and O–H groups in total. The van der Waals surface area contributed by atoms with Crippen molar-refractivity contribution in [1.29, 1.82) is 0 Å². The van der Waals surface area contributed by atoms with Crippen LogP contribution in [-0.4, -0.2) is 8.42 Å². The Balaban J connectivity index is 2.44. The van der Waals surface area contributed by atoms with E-state index in [0.29, 0.717) is 10.0 Å². The van der Waals surface area contributed by atoms with E-state index in [1.807, 2.05) is 0 Å².